The second-order valence-corrected chi connectivity index (χ2v) is 4.17. The van der Waals surface area contributed by atoms with E-state index in [4.69, 9.17) is 24.2 Å². The first kappa shape index (κ1) is 15.9. The van der Waals surface area contributed by atoms with E-state index in [0.717, 1.165) is 0 Å². The highest BCUT2D eigenvalue weighted by molar-refractivity contribution is 5.68. The molecule has 0 spiro atoms. The van der Waals surface area contributed by atoms with E-state index in [-0.39, 0.29) is 6.61 Å². The molecule has 0 aliphatic carbocycles. The van der Waals surface area contributed by atoms with Gasteiger partial charge in [-0.2, -0.15) is 5.26 Å². The van der Waals surface area contributed by atoms with Crippen molar-refractivity contribution in [2.24, 2.45) is 0 Å². The van der Waals surface area contributed by atoms with Crippen LogP contribution < -0.4 is 0 Å². The lowest BCUT2D eigenvalue weighted by Gasteiger charge is -2.21. The van der Waals surface area contributed by atoms with Gasteiger partial charge < -0.3 is 18.9 Å². The zero-order valence-corrected chi connectivity index (χ0v) is 11.3. The Morgan fingerprint density at radius 2 is 1.60 bits per heavy atom. The molecule has 0 saturated carbocycles. The Bertz CT molecular complexity index is 442. The second kappa shape index (κ2) is 6.86. The van der Waals surface area contributed by atoms with Crippen LogP contribution in [0.25, 0.3) is 0 Å². The summed E-state index contributed by atoms with van der Waals surface area (Å²) in [6.45, 7) is 3.34. The van der Waals surface area contributed by atoms with Crippen LogP contribution in [0.15, 0.2) is 0 Å². The third-order valence-corrected chi connectivity index (χ3v) is 2.49. The molecule has 0 amide bonds. The molecular weight excluding hydrogens is 270 g/mol. The summed E-state index contributed by atoms with van der Waals surface area (Å²) in [4.78, 5) is 33.0. The Labute approximate surface area is 115 Å². The van der Waals surface area contributed by atoms with Crippen LogP contribution in [0.1, 0.15) is 20.8 Å². The SMILES string of the molecule is CC(=O)OC[C@H]1O[C@H](C#N)[C@H](OC(C)=O)[C@@H]1OC(C)=O. The van der Waals surface area contributed by atoms with Crippen molar-refractivity contribution >= 4 is 17.9 Å². The lowest BCUT2D eigenvalue weighted by molar-refractivity contribution is -0.165. The molecule has 8 heteroatoms. The zero-order chi connectivity index (χ0) is 15.3. The maximum absolute atomic E-state index is 11.1. The molecule has 0 N–H and O–H groups in total. The van der Waals surface area contributed by atoms with Crippen molar-refractivity contribution in [2.75, 3.05) is 6.61 Å². The number of nitrogens with zero attached hydrogens (tertiary/aromatic N) is 1. The molecule has 1 fully saturated rings. The number of nitriles is 1. The molecular formula is C12H15NO7. The van der Waals surface area contributed by atoms with Gasteiger partial charge in [0.2, 0.25) is 0 Å². The van der Waals surface area contributed by atoms with E-state index in [1.54, 1.807) is 0 Å². The van der Waals surface area contributed by atoms with Crippen LogP contribution in [-0.4, -0.2) is 48.9 Å². The summed E-state index contributed by atoms with van der Waals surface area (Å²) in [6.07, 6.45) is -4.01. The summed E-state index contributed by atoms with van der Waals surface area (Å²) in [5.74, 6) is -1.80. The first-order valence-electron chi connectivity index (χ1n) is 5.88. The number of carbonyl (C=O) groups is 3. The molecule has 0 radical (unpaired) electrons. The Morgan fingerprint density at radius 3 is 2.05 bits per heavy atom. The highest BCUT2D eigenvalue weighted by Crippen LogP contribution is 2.27. The molecule has 1 rings (SSSR count). The summed E-state index contributed by atoms with van der Waals surface area (Å²) in [5, 5.41) is 8.98. The molecule has 1 saturated heterocycles. The lowest BCUT2D eigenvalue weighted by Crippen LogP contribution is -2.41. The average molecular weight is 285 g/mol. The van der Waals surface area contributed by atoms with Crippen molar-refractivity contribution in [3.63, 3.8) is 0 Å². The van der Waals surface area contributed by atoms with Crippen LogP contribution in [-0.2, 0) is 33.3 Å². The van der Waals surface area contributed by atoms with Gasteiger partial charge in [0.25, 0.3) is 0 Å². The van der Waals surface area contributed by atoms with E-state index in [1.807, 2.05) is 6.07 Å². The largest absolute Gasteiger partial charge is 0.463 e. The van der Waals surface area contributed by atoms with Crippen LogP contribution in [0.4, 0.5) is 0 Å². The summed E-state index contributed by atoms with van der Waals surface area (Å²) in [7, 11) is 0. The lowest BCUT2D eigenvalue weighted by atomic mass is 10.1. The summed E-state index contributed by atoms with van der Waals surface area (Å²) in [5.41, 5.74) is 0. The van der Waals surface area contributed by atoms with Gasteiger partial charge in [-0.1, -0.05) is 0 Å². The quantitative estimate of drug-likeness (QED) is 0.511. The van der Waals surface area contributed by atoms with Crippen LogP contribution in [0.3, 0.4) is 0 Å². The van der Waals surface area contributed by atoms with E-state index in [1.165, 1.54) is 20.8 Å². The van der Waals surface area contributed by atoms with Gasteiger partial charge in [-0.25, -0.2) is 0 Å². The molecule has 1 aliphatic rings. The van der Waals surface area contributed by atoms with Gasteiger partial charge >= 0.3 is 17.9 Å². The molecule has 0 unspecified atom stereocenters. The molecule has 8 nitrogen and oxygen atoms in total. The Kier molecular flexibility index (Phi) is 5.46. The third-order valence-electron chi connectivity index (χ3n) is 2.49. The summed E-state index contributed by atoms with van der Waals surface area (Å²) in [6, 6.07) is 1.81. The zero-order valence-electron chi connectivity index (χ0n) is 11.3. The predicted octanol–water partition coefficient (Wildman–Crippen LogP) is -0.296. The van der Waals surface area contributed by atoms with Crippen LogP contribution in [0.2, 0.25) is 0 Å². The highest BCUT2D eigenvalue weighted by Gasteiger charge is 2.49. The van der Waals surface area contributed by atoms with Gasteiger partial charge in [0.1, 0.15) is 12.7 Å². The van der Waals surface area contributed by atoms with Crippen molar-refractivity contribution in [3.05, 3.63) is 0 Å². The predicted molar refractivity (Wildman–Crippen MR) is 62.0 cm³/mol. The monoisotopic (exact) mass is 285 g/mol. The van der Waals surface area contributed by atoms with Crippen molar-refractivity contribution in [2.45, 2.75) is 45.2 Å². The van der Waals surface area contributed by atoms with E-state index >= 15 is 0 Å². The van der Waals surface area contributed by atoms with E-state index < -0.39 is 42.3 Å². The summed E-state index contributed by atoms with van der Waals surface area (Å²) < 4.78 is 20.1. The molecule has 0 aromatic carbocycles. The fourth-order valence-corrected chi connectivity index (χ4v) is 1.82. The standard InChI is InChI=1S/C12H15NO7/c1-6(14)17-5-10-12(19-8(3)16)11(18-7(2)15)9(4-13)20-10/h9-12H,5H2,1-3H3/t9-,10-,11+,12-/m1/s1. The fourth-order valence-electron chi connectivity index (χ4n) is 1.82. The van der Waals surface area contributed by atoms with E-state index in [9.17, 15) is 14.4 Å². The van der Waals surface area contributed by atoms with Gasteiger partial charge in [-0.15, -0.1) is 0 Å². The van der Waals surface area contributed by atoms with E-state index in [0.29, 0.717) is 0 Å². The minimum atomic E-state index is -1.09. The van der Waals surface area contributed by atoms with Crippen LogP contribution in [0.5, 0.6) is 0 Å². The van der Waals surface area contributed by atoms with Crippen LogP contribution >= 0.6 is 0 Å². The first-order chi connectivity index (χ1) is 9.35. The molecule has 0 aromatic heterocycles. The molecule has 0 bridgehead atoms. The van der Waals surface area contributed by atoms with Crippen LogP contribution in [0, 0.1) is 11.3 Å². The highest BCUT2D eigenvalue weighted by atomic mass is 16.6. The van der Waals surface area contributed by atoms with Crippen molar-refractivity contribution in [1.29, 1.82) is 5.26 Å². The second-order valence-electron chi connectivity index (χ2n) is 4.17. The van der Waals surface area contributed by atoms with Gasteiger partial charge in [0, 0.05) is 20.8 Å². The van der Waals surface area contributed by atoms with Gasteiger partial charge in [-0.05, 0) is 0 Å². The molecule has 1 heterocycles. The fraction of sp³-hybridized carbons (Fsp3) is 0.667. The Morgan fingerprint density at radius 1 is 1.05 bits per heavy atom. The van der Waals surface area contributed by atoms with Crippen molar-refractivity contribution in [3.8, 4) is 6.07 Å². The maximum atomic E-state index is 11.1. The smallest absolute Gasteiger partial charge is 0.303 e. The van der Waals surface area contributed by atoms with Crippen molar-refractivity contribution < 1.29 is 33.3 Å². The van der Waals surface area contributed by atoms with E-state index in [2.05, 4.69) is 0 Å². The molecule has 1 aliphatic heterocycles. The average Bonchev–Trinajstić information content (AvgIpc) is 2.63. The van der Waals surface area contributed by atoms with Crippen molar-refractivity contribution in [1.82, 2.24) is 0 Å². The molecule has 110 valence electrons. The normalized spacial score (nSPS) is 28.3. The maximum Gasteiger partial charge on any atom is 0.303 e. The first-order valence-corrected chi connectivity index (χ1v) is 5.88. The molecule has 20 heavy (non-hydrogen) atoms. The third kappa shape index (κ3) is 4.20. The minimum absolute atomic E-state index is 0.205. The topological polar surface area (TPSA) is 112 Å². The Balaban J connectivity index is 2.87. The number of esters is 3. The number of ether oxygens (including phenoxy) is 4. The minimum Gasteiger partial charge on any atom is -0.463 e. The number of carbonyl (C=O) groups excluding carboxylic acids is 3. The van der Waals surface area contributed by atoms with Gasteiger partial charge in [0.05, 0.1) is 6.07 Å². The number of hydrogen-bond donors (Lipinski definition) is 0. The van der Waals surface area contributed by atoms with Gasteiger partial charge in [0.15, 0.2) is 18.3 Å². The number of hydrogen-bond acceptors (Lipinski definition) is 8. The van der Waals surface area contributed by atoms with Gasteiger partial charge in [-0.3, -0.25) is 14.4 Å². The molecule has 0 aromatic rings. The number of rotatable bonds is 4. The Hall–Kier alpha value is -2.14. The molecule has 4 atom stereocenters. The summed E-state index contributed by atoms with van der Waals surface area (Å²) >= 11 is 0.